The highest BCUT2D eigenvalue weighted by molar-refractivity contribution is 7.92. The van der Waals surface area contributed by atoms with Crippen molar-refractivity contribution >= 4 is 27.4 Å². The van der Waals surface area contributed by atoms with Gasteiger partial charge in [0.15, 0.2) is 9.84 Å². The molecular weight excluding hydrogens is 302 g/mol. The van der Waals surface area contributed by atoms with Crippen LogP contribution in [-0.4, -0.2) is 37.0 Å². The lowest BCUT2D eigenvalue weighted by molar-refractivity contribution is -0.143. The Bertz CT molecular complexity index is 646. The Morgan fingerprint density at radius 2 is 2.15 bits per heavy atom. The van der Waals surface area contributed by atoms with Crippen LogP contribution in [0.4, 0.5) is 0 Å². The first kappa shape index (κ1) is 15.3. The summed E-state index contributed by atoms with van der Waals surface area (Å²) in [4.78, 5) is 11.6. The molecule has 0 aromatic heterocycles. The molecule has 0 amide bonds. The van der Waals surface area contributed by atoms with Gasteiger partial charge in [0.05, 0.1) is 5.25 Å². The number of hydrogen-bond donors (Lipinski definition) is 2. The summed E-state index contributed by atoms with van der Waals surface area (Å²) >= 11 is 5.90. The highest BCUT2D eigenvalue weighted by atomic mass is 35.5. The number of aliphatic carboxylic acids is 1. The third kappa shape index (κ3) is 2.12. The second-order valence-corrected chi connectivity index (χ2v) is 7.80. The Morgan fingerprint density at radius 3 is 2.60 bits per heavy atom. The maximum Gasteiger partial charge on any atom is 0.312 e. The van der Waals surface area contributed by atoms with Crippen molar-refractivity contribution < 1.29 is 18.3 Å². The molecule has 1 aliphatic carbocycles. The van der Waals surface area contributed by atoms with E-state index in [9.17, 15) is 18.3 Å². The zero-order valence-electron chi connectivity index (χ0n) is 10.9. The van der Waals surface area contributed by atoms with E-state index in [1.165, 1.54) is 6.92 Å². The molecule has 0 bridgehead atoms. The number of carboxylic acid groups (broad SMARTS) is 1. The molecule has 1 saturated carbocycles. The van der Waals surface area contributed by atoms with Crippen molar-refractivity contribution in [2.45, 2.75) is 18.1 Å². The second kappa shape index (κ2) is 5.02. The van der Waals surface area contributed by atoms with Crippen LogP contribution >= 0.6 is 11.6 Å². The van der Waals surface area contributed by atoms with E-state index in [0.717, 1.165) is 0 Å². The van der Waals surface area contributed by atoms with Crippen molar-refractivity contribution in [2.24, 2.45) is 11.1 Å². The lowest BCUT2D eigenvalue weighted by Gasteiger charge is -2.09. The van der Waals surface area contributed by atoms with Gasteiger partial charge in [0.2, 0.25) is 0 Å². The Kier molecular flexibility index (Phi) is 3.83. The number of benzene rings is 1. The molecule has 3 unspecified atom stereocenters. The fraction of sp³-hybridized carbons (Fsp3) is 0.462. The van der Waals surface area contributed by atoms with Gasteiger partial charge in [-0.25, -0.2) is 8.42 Å². The van der Waals surface area contributed by atoms with E-state index >= 15 is 0 Å². The molecular formula is C13H16ClNO4S. The monoisotopic (exact) mass is 317 g/mol. The van der Waals surface area contributed by atoms with Crippen LogP contribution in [0.5, 0.6) is 0 Å². The molecule has 5 nitrogen and oxygen atoms in total. The summed E-state index contributed by atoms with van der Waals surface area (Å²) in [6.45, 7) is 1.29. The maximum atomic E-state index is 12.2. The van der Waals surface area contributed by atoms with Gasteiger partial charge >= 0.3 is 5.97 Å². The van der Waals surface area contributed by atoms with Crippen molar-refractivity contribution in [3.05, 3.63) is 34.9 Å². The zero-order valence-corrected chi connectivity index (χ0v) is 12.5. The summed E-state index contributed by atoms with van der Waals surface area (Å²) in [6, 6.07) is 6.62. The van der Waals surface area contributed by atoms with Crippen molar-refractivity contribution in [3.8, 4) is 0 Å². The van der Waals surface area contributed by atoms with Crippen LogP contribution in [0.3, 0.4) is 0 Å². The Hall–Kier alpha value is -1.11. The fourth-order valence-electron chi connectivity index (χ4n) is 2.87. The SMILES string of the molecule is CCS(=O)(=O)C1C(c2cccc(Cl)c2)C1(CN)C(=O)O. The van der Waals surface area contributed by atoms with Crippen LogP contribution in [-0.2, 0) is 14.6 Å². The van der Waals surface area contributed by atoms with E-state index in [4.69, 9.17) is 17.3 Å². The number of carboxylic acids is 1. The average Bonchev–Trinajstić information content (AvgIpc) is 3.10. The minimum atomic E-state index is -3.50. The quantitative estimate of drug-likeness (QED) is 0.852. The second-order valence-electron chi connectivity index (χ2n) is 4.95. The Morgan fingerprint density at radius 1 is 1.50 bits per heavy atom. The summed E-state index contributed by atoms with van der Waals surface area (Å²) < 4.78 is 24.3. The van der Waals surface area contributed by atoms with Gasteiger partial charge in [-0.2, -0.15) is 0 Å². The summed E-state index contributed by atoms with van der Waals surface area (Å²) in [5.74, 6) is -1.93. The van der Waals surface area contributed by atoms with E-state index in [1.807, 2.05) is 0 Å². The van der Waals surface area contributed by atoms with Gasteiger partial charge in [0.25, 0.3) is 0 Å². The van der Waals surface area contributed by atoms with Gasteiger partial charge in [0.1, 0.15) is 5.41 Å². The summed E-state index contributed by atoms with van der Waals surface area (Å²) in [7, 11) is -3.50. The topological polar surface area (TPSA) is 97.5 Å². The Labute approximate surface area is 122 Å². The molecule has 1 aromatic rings. The Balaban J connectivity index is 2.54. The third-order valence-corrected chi connectivity index (χ3v) is 6.50. The highest BCUT2D eigenvalue weighted by Gasteiger charge is 2.74. The van der Waals surface area contributed by atoms with E-state index in [2.05, 4.69) is 0 Å². The molecule has 0 saturated heterocycles. The number of sulfone groups is 1. The standard InChI is InChI=1S/C13H16ClNO4S/c1-2-20(18,19)11-10(13(11,7-15)12(16)17)8-4-3-5-9(14)6-8/h3-6,10-11H,2,7,15H2,1H3,(H,16,17). The summed E-state index contributed by atoms with van der Waals surface area (Å²) in [5.41, 5.74) is 4.76. The molecule has 1 aromatic carbocycles. The molecule has 2 rings (SSSR count). The third-order valence-electron chi connectivity index (χ3n) is 3.99. The molecule has 0 heterocycles. The molecule has 1 fully saturated rings. The van der Waals surface area contributed by atoms with Crippen molar-refractivity contribution in [2.75, 3.05) is 12.3 Å². The van der Waals surface area contributed by atoms with Crippen LogP contribution in [0.15, 0.2) is 24.3 Å². The maximum absolute atomic E-state index is 12.2. The molecule has 7 heteroatoms. The fourth-order valence-corrected chi connectivity index (χ4v) is 5.15. The van der Waals surface area contributed by atoms with Gasteiger partial charge in [-0.3, -0.25) is 4.79 Å². The van der Waals surface area contributed by atoms with E-state index in [1.54, 1.807) is 24.3 Å². The van der Waals surface area contributed by atoms with Gasteiger partial charge in [-0.15, -0.1) is 0 Å². The molecule has 0 radical (unpaired) electrons. The van der Waals surface area contributed by atoms with Crippen molar-refractivity contribution in [1.29, 1.82) is 0 Å². The molecule has 1 aliphatic rings. The summed E-state index contributed by atoms with van der Waals surface area (Å²) in [5, 5.41) is 8.91. The minimum absolute atomic E-state index is 0.107. The van der Waals surface area contributed by atoms with Gasteiger partial charge < -0.3 is 10.8 Å². The van der Waals surface area contributed by atoms with Gasteiger partial charge in [-0.05, 0) is 17.7 Å². The normalized spacial score (nSPS) is 29.1. The van der Waals surface area contributed by atoms with Crippen LogP contribution in [0, 0.1) is 5.41 Å². The first-order chi connectivity index (χ1) is 9.31. The van der Waals surface area contributed by atoms with Crippen LogP contribution in [0.2, 0.25) is 5.02 Å². The predicted molar refractivity (Wildman–Crippen MR) is 76.6 cm³/mol. The number of carbonyl (C=O) groups is 1. The van der Waals surface area contributed by atoms with Gasteiger partial charge in [0, 0.05) is 23.2 Å². The highest BCUT2D eigenvalue weighted by Crippen LogP contribution is 2.62. The van der Waals surface area contributed by atoms with Crippen LogP contribution in [0.1, 0.15) is 18.4 Å². The zero-order chi connectivity index (χ0) is 15.1. The largest absolute Gasteiger partial charge is 0.481 e. The first-order valence-electron chi connectivity index (χ1n) is 6.21. The molecule has 0 spiro atoms. The van der Waals surface area contributed by atoms with E-state index in [0.29, 0.717) is 10.6 Å². The summed E-state index contributed by atoms with van der Waals surface area (Å²) in [6.07, 6.45) is 0. The molecule has 3 N–H and O–H groups in total. The van der Waals surface area contributed by atoms with Gasteiger partial charge in [-0.1, -0.05) is 30.7 Å². The predicted octanol–water partition coefficient (Wildman–Crippen LogP) is 1.27. The molecule has 20 heavy (non-hydrogen) atoms. The number of hydrogen-bond acceptors (Lipinski definition) is 4. The van der Waals surface area contributed by atoms with E-state index < -0.39 is 32.4 Å². The van der Waals surface area contributed by atoms with Crippen LogP contribution < -0.4 is 5.73 Å². The molecule has 110 valence electrons. The average molecular weight is 318 g/mol. The number of rotatable bonds is 5. The smallest absolute Gasteiger partial charge is 0.312 e. The number of halogens is 1. The number of nitrogens with two attached hydrogens (primary N) is 1. The molecule has 0 aliphatic heterocycles. The van der Waals surface area contributed by atoms with Crippen molar-refractivity contribution in [3.63, 3.8) is 0 Å². The minimum Gasteiger partial charge on any atom is -0.481 e. The lowest BCUT2D eigenvalue weighted by Crippen LogP contribution is -2.32. The van der Waals surface area contributed by atoms with Crippen molar-refractivity contribution in [1.82, 2.24) is 0 Å². The lowest BCUT2D eigenvalue weighted by atomic mass is 9.99. The van der Waals surface area contributed by atoms with E-state index in [-0.39, 0.29) is 12.3 Å². The van der Waals surface area contributed by atoms with Crippen LogP contribution in [0.25, 0.3) is 0 Å². The molecule has 3 atom stereocenters. The first-order valence-corrected chi connectivity index (χ1v) is 8.31.